The van der Waals surface area contributed by atoms with Crippen molar-refractivity contribution in [2.45, 2.75) is 31.2 Å². The first kappa shape index (κ1) is 27.2. The summed E-state index contributed by atoms with van der Waals surface area (Å²) >= 11 is 0. The predicted molar refractivity (Wildman–Crippen MR) is 133 cm³/mol. The quantitative estimate of drug-likeness (QED) is 0.254. The molecule has 0 fully saturated rings. The lowest BCUT2D eigenvalue weighted by atomic mass is 9.87. The minimum absolute atomic E-state index is 0.0194. The molecule has 0 aliphatic carbocycles. The highest BCUT2D eigenvalue weighted by Crippen LogP contribution is 2.36. The molecule has 0 bridgehead atoms. The molecule has 1 aliphatic rings. The van der Waals surface area contributed by atoms with Crippen LogP contribution in [0.15, 0.2) is 47.6 Å². The van der Waals surface area contributed by atoms with E-state index in [4.69, 9.17) is 11.5 Å². The number of anilines is 1. The van der Waals surface area contributed by atoms with Crippen LogP contribution in [0.5, 0.6) is 5.75 Å². The van der Waals surface area contributed by atoms with E-state index in [0.29, 0.717) is 11.1 Å². The topological polar surface area (TPSA) is 187 Å². The second-order valence-corrected chi connectivity index (χ2v) is 8.70. The summed E-state index contributed by atoms with van der Waals surface area (Å²) in [6.07, 6.45) is -0.360. The van der Waals surface area contributed by atoms with Crippen LogP contribution < -0.4 is 26.8 Å². The van der Waals surface area contributed by atoms with Gasteiger partial charge in [-0.3, -0.25) is 19.1 Å². The van der Waals surface area contributed by atoms with Gasteiger partial charge in [0.25, 0.3) is 0 Å². The Morgan fingerprint density at radius 3 is 2.49 bits per heavy atom. The second-order valence-electron chi connectivity index (χ2n) is 8.70. The molecule has 3 aromatic rings. The molecule has 2 amide bonds. The van der Waals surface area contributed by atoms with Gasteiger partial charge in [-0.15, -0.1) is 0 Å². The lowest BCUT2D eigenvalue weighted by Gasteiger charge is -2.25. The number of aromatic nitrogens is 2. The van der Waals surface area contributed by atoms with Gasteiger partial charge in [-0.05, 0) is 29.8 Å². The highest BCUT2D eigenvalue weighted by atomic mass is 19.3. The maximum atomic E-state index is 13.5. The third-order valence-corrected chi connectivity index (χ3v) is 6.06. The number of alkyl halides is 3. The number of carbonyl (C=O) groups is 3. The van der Waals surface area contributed by atoms with Crippen LogP contribution in [-0.2, 0) is 9.59 Å². The number of rotatable bonds is 10. The minimum atomic E-state index is -3.06. The molecule has 3 atom stereocenters. The van der Waals surface area contributed by atoms with E-state index in [0.717, 1.165) is 0 Å². The number of hydrogen-bond donors (Lipinski definition) is 5. The van der Waals surface area contributed by atoms with Crippen molar-refractivity contribution in [1.82, 2.24) is 15.1 Å². The molecule has 4 rings (SSSR count). The molecule has 2 heterocycles. The number of nitrogens with two attached hydrogens (primary N) is 2. The first-order chi connectivity index (χ1) is 18.5. The number of carboxylic acid groups (broad SMARTS) is 1. The molecule has 12 nitrogen and oxygen atoms in total. The average Bonchev–Trinajstić information content (AvgIpc) is 3.28. The molecular weight excluding hydrogens is 523 g/mol. The molecule has 2 unspecified atom stereocenters. The van der Waals surface area contributed by atoms with E-state index in [2.05, 4.69) is 25.5 Å². The lowest BCUT2D eigenvalue weighted by molar-refractivity contribution is -0.138. The summed E-state index contributed by atoms with van der Waals surface area (Å²) in [4.78, 5) is 40.7. The molecule has 206 valence electrons. The second kappa shape index (κ2) is 11.3. The first-order valence-corrected chi connectivity index (χ1v) is 11.6. The molecule has 7 N–H and O–H groups in total. The Labute approximate surface area is 218 Å². The fourth-order valence-corrected chi connectivity index (χ4v) is 4.33. The van der Waals surface area contributed by atoms with Gasteiger partial charge in [0.2, 0.25) is 11.8 Å². The maximum absolute atomic E-state index is 13.5. The molecule has 1 aliphatic heterocycles. The van der Waals surface area contributed by atoms with Gasteiger partial charge in [-0.2, -0.15) is 13.9 Å². The minimum Gasteiger partial charge on any atom is -0.481 e. The smallest absolute Gasteiger partial charge is 0.387 e. The third-order valence-electron chi connectivity index (χ3n) is 6.06. The van der Waals surface area contributed by atoms with E-state index in [1.54, 1.807) is 0 Å². The number of hydrogen-bond acceptors (Lipinski definition) is 8. The maximum Gasteiger partial charge on any atom is 0.387 e. The van der Waals surface area contributed by atoms with Gasteiger partial charge in [0.05, 0.1) is 36.9 Å². The number of halogens is 3. The molecule has 2 aromatic carbocycles. The molecule has 39 heavy (non-hydrogen) atoms. The highest BCUT2D eigenvalue weighted by Gasteiger charge is 2.34. The summed E-state index contributed by atoms with van der Waals surface area (Å²) in [7, 11) is 0. The van der Waals surface area contributed by atoms with E-state index in [1.807, 2.05) is 0 Å². The average molecular weight is 547 g/mol. The van der Waals surface area contributed by atoms with Crippen molar-refractivity contribution in [3.63, 3.8) is 0 Å². The number of carboxylic acids is 1. The largest absolute Gasteiger partial charge is 0.481 e. The Morgan fingerprint density at radius 1 is 1.21 bits per heavy atom. The molecule has 15 heteroatoms. The summed E-state index contributed by atoms with van der Waals surface area (Å²) in [5.41, 5.74) is 12.1. The van der Waals surface area contributed by atoms with Crippen LogP contribution in [0.25, 0.3) is 10.9 Å². The first-order valence-electron chi connectivity index (χ1n) is 11.6. The number of carbonyl (C=O) groups excluding carboxylic acids is 2. The van der Waals surface area contributed by atoms with Gasteiger partial charge >= 0.3 is 12.6 Å². The fourth-order valence-electron chi connectivity index (χ4n) is 4.33. The van der Waals surface area contributed by atoms with Gasteiger partial charge in [0.15, 0.2) is 5.96 Å². The molecule has 0 radical (unpaired) electrons. The number of primary amides is 2. The SMILES string of the molecule is NC(=O)c1cc(NC2=NCC(F)CN2)c2cnn(C(C(N)=O)[C@@H](CC(=O)O)c3ccc(OC(F)F)cc3)c2c1. The Morgan fingerprint density at radius 2 is 1.92 bits per heavy atom. The van der Waals surface area contributed by atoms with Crippen molar-refractivity contribution in [3.05, 3.63) is 53.7 Å². The monoisotopic (exact) mass is 547 g/mol. The van der Waals surface area contributed by atoms with Gasteiger partial charge in [0.1, 0.15) is 18.0 Å². The van der Waals surface area contributed by atoms with E-state index in [9.17, 15) is 32.7 Å². The third kappa shape index (κ3) is 6.19. The zero-order chi connectivity index (χ0) is 28.3. The summed E-state index contributed by atoms with van der Waals surface area (Å²) in [5.74, 6) is -4.02. The van der Waals surface area contributed by atoms with Crippen LogP contribution in [0.4, 0.5) is 18.9 Å². The predicted octanol–water partition coefficient (Wildman–Crippen LogP) is 1.73. The lowest BCUT2D eigenvalue weighted by Crippen LogP contribution is -2.41. The Bertz CT molecular complexity index is 1430. The van der Waals surface area contributed by atoms with Crippen LogP contribution in [-0.4, -0.2) is 64.5 Å². The van der Waals surface area contributed by atoms with Crippen molar-refractivity contribution >= 4 is 40.3 Å². The molecule has 0 saturated carbocycles. The Kier molecular flexibility index (Phi) is 7.88. The van der Waals surface area contributed by atoms with Crippen LogP contribution in [0.1, 0.15) is 34.3 Å². The molecule has 1 aromatic heterocycles. The standard InChI is InChI=1S/C24H24F3N7O5/c25-13-8-30-24(31-9-13)33-17-5-12(21(28)37)6-18-16(17)10-32-34(18)20(22(29)38)15(7-19(35)36)11-1-3-14(4-2-11)39-23(26)27/h1-6,10,13,15,20,23H,7-9H2,(H2,28,37)(H2,29,38)(H,35,36)(H2,30,31,33)/t15-,20?/m0/s1. The van der Waals surface area contributed by atoms with E-state index < -0.39 is 48.9 Å². The summed E-state index contributed by atoms with van der Waals surface area (Å²) < 4.78 is 44.1. The number of guanidine groups is 1. The fraction of sp³-hybridized carbons (Fsp3) is 0.292. The number of aliphatic imine (C=N–C) groups is 1. The zero-order valence-electron chi connectivity index (χ0n) is 20.2. The van der Waals surface area contributed by atoms with Crippen LogP contribution in [0.2, 0.25) is 0 Å². The van der Waals surface area contributed by atoms with Crippen molar-refractivity contribution in [3.8, 4) is 5.75 Å². The summed E-state index contributed by atoms with van der Waals surface area (Å²) in [5, 5.41) is 20.0. The van der Waals surface area contributed by atoms with Gasteiger partial charge in [-0.1, -0.05) is 12.1 Å². The number of fused-ring (bicyclic) bond motifs is 1. The molecule has 0 spiro atoms. The Balaban J connectivity index is 1.81. The van der Waals surface area contributed by atoms with Gasteiger partial charge in [-0.25, -0.2) is 9.38 Å². The Hall–Kier alpha value is -4.82. The van der Waals surface area contributed by atoms with Crippen LogP contribution in [0, 0.1) is 0 Å². The normalized spacial score (nSPS) is 16.7. The van der Waals surface area contributed by atoms with Crippen molar-refractivity contribution in [2.24, 2.45) is 16.5 Å². The molecular formula is C24H24F3N7O5. The van der Waals surface area contributed by atoms with Crippen LogP contribution in [0.3, 0.4) is 0 Å². The van der Waals surface area contributed by atoms with Crippen molar-refractivity contribution in [2.75, 3.05) is 18.4 Å². The summed E-state index contributed by atoms with van der Waals surface area (Å²) in [6, 6.07) is 6.54. The highest BCUT2D eigenvalue weighted by molar-refractivity contribution is 6.07. The van der Waals surface area contributed by atoms with Crippen molar-refractivity contribution < 1.29 is 37.4 Å². The number of amides is 2. The number of benzene rings is 2. The number of ether oxygens (including phenoxy) is 1. The number of nitrogens with zero attached hydrogens (tertiary/aromatic N) is 3. The van der Waals surface area contributed by atoms with Gasteiger partial charge < -0.3 is 31.9 Å². The van der Waals surface area contributed by atoms with E-state index in [1.165, 1.54) is 47.3 Å². The van der Waals surface area contributed by atoms with E-state index in [-0.39, 0.29) is 41.4 Å². The van der Waals surface area contributed by atoms with Gasteiger partial charge in [0, 0.05) is 16.9 Å². The van der Waals surface area contributed by atoms with E-state index >= 15 is 0 Å². The van der Waals surface area contributed by atoms with Crippen molar-refractivity contribution in [1.29, 1.82) is 0 Å². The zero-order valence-corrected chi connectivity index (χ0v) is 20.2. The number of nitrogens with one attached hydrogen (secondary N) is 2. The molecule has 0 saturated heterocycles. The van der Waals surface area contributed by atoms with Crippen LogP contribution >= 0.6 is 0 Å². The number of aliphatic carboxylic acids is 1. The summed E-state index contributed by atoms with van der Waals surface area (Å²) in [6.45, 7) is -3.12.